The Hall–Kier alpha value is -1.97. The molecule has 0 saturated heterocycles. The molecule has 0 heterocycles. The molecule has 120 valence electrons. The van der Waals surface area contributed by atoms with Gasteiger partial charge in [-0.05, 0) is 36.8 Å². The van der Waals surface area contributed by atoms with Crippen molar-refractivity contribution in [2.24, 2.45) is 0 Å². The predicted octanol–water partition coefficient (Wildman–Crippen LogP) is 5.43. The van der Waals surface area contributed by atoms with Gasteiger partial charge in [-0.3, -0.25) is 4.79 Å². The smallest absolute Gasteiger partial charge is 0.248 e. The molecule has 5 heteroatoms. The Kier molecular flexibility index (Phi) is 6.51. The predicted molar refractivity (Wildman–Crippen MR) is 96.4 cm³/mol. The minimum Gasteiger partial charge on any atom is -0.493 e. The van der Waals surface area contributed by atoms with E-state index in [4.69, 9.17) is 27.9 Å². The number of benzene rings is 2. The number of ether oxygens (including phenoxy) is 1. The molecule has 2 rings (SSSR count). The molecule has 0 aliphatic carbocycles. The lowest BCUT2D eigenvalue weighted by atomic mass is 10.2. The molecule has 3 nitrogen and oxygen atoms in total. The first kappa shape index (κ1) is 17.4. The van der Waals surface area contributed by atoms with E-state index in [1.807, 2.05) is 31.2 Å². The van der Waals surface area contributed by atoms with Crippen molar-refractivity contribution in [1.29, 1.82) is 0 Å². The minimum atomic E-state index is -0.256. The van der Waals surface area contributed by atoms with Crippen LogP contribution in [-0.2, 0) is 4.79 Å². The highest BCUT2D eigenvalue weighted by atomic mass is 35.5. The van der Waals surface area contributed by atoms with Gasteiger partial charge in [0.05, 0.1) is 16.7 Å². The summed E-state index contributed by atoms with van der Waals surface area (Å²) >= 11 is 11.8. The highest BCUT2D eigenvalue weighted by Crippen LogP contribution is 2.25. The maximum absolute atomic E-state index is 12.0. The number of carbonyl (C=O) groups excluding carboxylic acids is 1. The lowest BCUT2D eigenvalue weighted by Gasteiger charge is -2.07. The van der Waals surface area contributed by atoms with Crippen LogP contribution in [0.4, 0.5) is 5.69 Å². The number of hydrogen-bond donors (Lipinski definition) is 1. The van der Waals surface area contributed by atoms with E-state index in [1.165, 1.54) is 6.08 Å². The van der Waals surface area contributed by atoms with Crippen molar-refractivity contribution in [3.05, 3.63) is 64.1 Å². The van der Waals surface area contributed by atoms with E-state index in [0.29, 0.717) is 22.3 Å². The van der Waals surface area contributed by atoms with E-state index in [1.54, 1.807) is 24.3 Å². The number of rotatable bonds is 6. The Morgan fingerprint density at radius 2 is 1.96 bits per heavy atom. The van der Waals surface area contributed by atoms with E-state index < -0.39 is 0 Å². The Labute approximate surface area is 145 Å². The zero-order chi connectivity index (χ0) is 16.7. The first-order chi connectivity index (χ1) is 11.1. The van der Waals surface area contributed by atoms with Gasteiger partial charge in [0.25, 0.3) is 0 Å². The van der Waals surface area contributed by atoms with E-state index in [9.17, 15) is 4.79 Å². The maximum Gasteiger partial charge on any atom is 0.248 e. The number of carbonyl (C=O) groups is 1. The van der Waals surface area contributed by atoms with E-state index in [0.717, 1.165) is 17.7 Å². The Morgan fingerprint density at radius 3 is 2.70 bits per heavy atom. The summed E-state index contributed by atoms with van der Waals surface area (Å²) in [4.78, 5) is 12.0. The second-order valence-corrected chi connectivity index (χ2v) is 5.65. The lowest BCUT2D eigenvalue weighted by molar-refractivity contribution is -0.111. The molecule has 2 aromatic carbocycles. The number of para-hydroxylation sites is 1. The molecule has 0 fully saturated rings. The van der Waals surface area contributed by atoms with Gasteiger partial charge in [0.15, 0.2) is 0 Å². The summed E-state index contributed by atoms with van der Waals surface area (Å²) in [6.07, 6.45) is 4.10. The highest BCUT2D eigenvalue weighted by Gasteiger charge is 2.03. The van der Waals surface area contributed by atoms with Crippen LogP contribution in [0.3, 0.4) is 0 Å². The van der Waals surface area contributed by atoms with Gasteiger partial charge in [0, 0.05) is 17.3 Å². The van der Waals surface area contributed by atoms with Gasteiger partial charge >= 0.3 is 0 Å². The first-order valence-electron chi connectivity index (χ1n) is 7.26. The minimum absolute atomic E-state index is 0.256. The molecule has 1 N–H and O–H groups in total. The van der Waals surface area contributed by atoms with Crippen molar-refractivity contribution in [2.75, 3.05) is 11.9 Å². The maximum atomic E-state index is 12.0. The number of anilines is 1. The van der Waals surface area contributed by atoms with Crippen LogP contribution in [0.5, 0.6) is 5.75 Å². The normalized spacial score (nSPS) is 10.7. The Bertz CT molecular complexity index is 714. The molecule has 0 radical (unpaired) electrons. The van der Waals surface area contributed by atoms with Crippen LogP contribution < -0.4 is 10.1 Å². The third kappa shape index (κ3) is 5.31. The van der Waals surface area contributed by atoms with Crippen LogP contribution in [0.25, 0.3) is 6.08 Å². The summed E-state index contributed by atoms with van der Waals surface area (Å²) in [5.41, 5.74) is 1.44. The Morgan fingerprint density at radius 1 is 1.17 bits per heavy atom. The van der Waals surface area contributed by atoms with Gasteiger partial charge in [0.1, 0.15) is 5.75 Å². The van der Waals surface area contributed by atoms with Crippen molar-refractivity contribution < 1.29 is 9.53 Å². The molecule has 0 spiro atoms. The van der Waals surface area contributed by atoms with E-state index in [-0.39, 0.29) is 5.91 Å². The Balaban J connectivity index is 2.04. The van der Waals surface area contributed by atoms with Gasteiger partial charge in [-0.1, -0.05) is 48.3 Å². The van der Waals surface area contributed by atoms with Crippen LogP contribution in [0.1, 0.15) is 18.9 Å². The van der Waals surface area contributed by atoms with Crippen molar-refractivity contribution >= 4 is 40.9 Å². The van der Waals surface area contributed by atoms with Crippen molar-refractivity contribution in [3.8, 4) is 5.75 Å². The molecule has 0 bridgehead atoms. The van der Waals surface area contributed by atoms with Crippen LogP contribution in [0.2, 0.25) is 10.0 Å². The summed E-state index contributed by atoms with van der Waals surface area (Å²) in [6.45, 7) is 2.68. The largest absolute Gasteiger partial charge is 0.493 e. The summed E-state index contributed by atoms with van der Waals surface area (Å²) in [6, 6.07) is 12.5. The monoisotopic (exact) mass is 349 g/mol. The van der Waals surface area contributed by atoms with Gasteiger partial charge in [-0.25, -0.2) is 0 Å². The van der Waals surface area contributed by atoms with Gasteiger partial charge in [0.2, 0.25) is 5.91 Å². The van der Waals surface area contributed by atoms with Gasteiger partial charge in [-0.15, -0.1) is 0 Å². The number of halogens is 2. The molecule has 0 aromatic heterocycles. The number of hydrogen-bond acceptors (Lipinski definition) is 2. The lowest BCUT2D eigenvalue weighted by Crippen LogP contribution is -2.07. The van der Waals surface area contributed by atoms with E-state index >= 15 is 0 Å². The molecule has 2 aromatic rings. The van der Waals surface area contributed by atoms with Crippen LogP contribution in [0, 0.1) is 0 Å². The topological polar surface area (TPSA) is 38.3 Å². The molecular weight excluding hydrogens is 333 g/mol. The second kappa shape index (κ2) is 8.61. The fraction of sp³-hybridized carbons (Fsp3) is 0.167. The molecule has 0 aliphatic heterocycles. The molecule has 0 unspecified atom stereocenters. The van der Waals surface area contributed by atoms with Crippen LogP contribution in [0.15, 0.2) is 48.5 Å². The molecular formula is C18H17Cl2NO2. The van der Waals surface area contributed by atoms with Crippen molar-refractivity contribution in [2.45, 2.75) is 13.3 Å². The van der Waals surface area contributed by atoms with Gasteiger partial charge in [-0.2, -0.15) is 0 Å². The molecule has 1 amide bonds. The molecule has 0 atom stereocenters. The van der Waals surface area contributed by atoms with Crippen LogP contribution >= 0.6 is 23.2 Å². The number of amides is 1. The third-order valence-corrected chi connectivity index (χ3v) is 3.72. The number of nitrogens with one attached hydrogen (secondary N) is 1. The molecule has 0 aliphatic rings. The van der Waals surface area contributed by atoms with Gasteiger partial charge < -0.3 is 10.1 Å². The summed E-state index contributed by atoms with van der Waals surface area (Å²) in [5, 5.41) is 3.57. The molecule has 23 heavy (non-hydrogen) atoms. The second-order valence-electron chi connectivity index (χ2n) is 4.84. The van der Waals surface area contributed by atoms with E-state index in [2.05, 4.69) is 5.32 Å². The first-order valence-corrected chi connectivity index (χ1v) is 8.01. The molecule has 0 saturated carbocycles. The zero-order valence-electron chi connectivity index (χ0n) is 12.7. The zero-order valence-corrected chi connectivity index (χ0v) is 14.2. The fourth-order valence-corrected chi connectivity index (χ4v) is 2.18. The van der Waals surface area contributed by atoms with Crippen molar-refractivity contribution in [1.82, 2.24) is 0 Å². The summed E-state index contributed by atoms with van der Waals surface area (Å²) < 4.78 is 5.65. The standard InChI is InChI=1S/C18H17Cl2NO2/c1-2-11-23-17-6-4-3-5-13(17)7-10-18(22)21-14-8-9-15(19)16(20)12-14/h3-10,12H,2,11H2,1H3,(H,21,22). The third-order valence-electron chi connectivity index (χ3n) is 2.98. The highest BCUT2D eigenvalue weighted by molar-refractivity contribution is 6.42. The fourth-order valence-electron chi connectivity index (χ4n) is 1.88. The quantitative estimate of drug-likeness (QED) is 0.705. The van der Waals surface area contributed by atoms with Crippen molar-refractivity contribution in [3.63, 3.8) is 0 Å². The average Bonchev–Trinajstić information content (AvgIpc) is 2.55. The van der Waals surface area contributed by atoms with Crippen LogP contribution in [-0.4, -0.2) is 12.5 Å². The SMILES string of the molecule is CCCOc1ccccc1C=CC(=O)Nc1ccc(Cl)c(Cl)c1. The summed E-state index contributed by atoms with van der Waals surface area (Å²) in [5.74, 6) is 0.502. The average molecular weight is 350 g/mol. The summed E-state index contributed by atoms with van der Waals surface area (Å²) in [7, 11) is 0.